The van der Waals surface area contributed by atoms with Crippen LogP contribution in [0, 0.1) is 24.0 Å². The van der Waals surface area contributed by atoms with Gasteiger partial charge in [0.2, 0.25) is 0 Å². The van der Waals surface area contributed by atoms with E-state index in [1.807, 2.05) is 0 Å². The van der Waals surface area contributed by atoms with E-state index in [1.54, 1.807) is 0 Å². The third-order valence-corrected chi connectivity index (χ3v) is 2.60. The number of aliphatic hydroxyl groups excluding tert-OH is 1. The Balaban J connectivity index is 2.37. The number of nitrogens with one attached hydrogen (secondary N) is 1. The number of unbranched alkanes of at least 4 members (excludes halogenated alkanes) is 2. The van der Waals surface area contributed by atoms with Gasteiger partial charge in [0.05, 0.1) is 11.7 Å². The summed E-state index contributed by atoms with van der Waals surface area (Å²) < 4.78 is 26.7. The molecule has 1 rings (SSSR count). The zero-order valence-corrected chi connectivity index (χ0v) is 10.1. The van der Waals surface area contributed by atoms with E-state index in [0.717, 1.165) is 25.0 Å². The first-order chi connectivity index (χ1) is 8.66. The molecule has 0 amide bonds. The molecule has 0 saturated heterocycles. The lowest BCUT2D eigenvalue weighted by Gasteiger charge is -2.13. The van der Waals surface area contributed by atoms with Crippen LogP contribution in [-0.4, -0.2) is 18.2 Å². The van der Waals surface area contributed by atoms with E-state index in [2.05, 4.69) is 11.2 Å². The van der Waals surface area contributed by atoms with Crippen LogP contribution in [-0.2, 0) is 0 Å². The number of hydrogen-bond acceptors (Lipinski definition) is 2. The van der Waals surface area contributed by atoms with Gasteiger partial charge in [-0.15, -0.1) is 12.3 Å². The van der Waals surface area contributed by atoms with Crippen molar-refractivity contribution in [3.8, 4) is 12.3 Å². The van der Waals surface area contributed by atoms with Gasteiger partial charge in [-0.25, -0.2) is 8.78 Å². The van der Waals surface area contributed by atoms with E-state index in [4.69, 9.17) is 6.42 Å². The third-order valence-electron chi connectivity index (χ3n) is 2.60. The van der Waals surface area contributed by atoms with Crippen molar-refractivity contribution in [3.63, 3.8) is 0 Å². The molecular formula is C14H17F2NO. The van der Waals surface area contributed by atoms with Crippen molar-refractivity contribution in [2.24, 2.45) is 0 Å². The molecule has 1 unspecified atom stereocenters. The standard InChI is InChI=1S/C14H17F2NO/c1-2-3-4-5-9-17-10-13(18)14-11(15)7-6-8-12(14)16/h1,6-8,13,17-18H,3-5,9-10H2. The van der Waals surface area contributed by atoms with Gasteiger partial charge in [-0.3, -0.25) is 0 Å². The summed E-state index contributed by atoms with van der Waals surface area (Å²) in [5.41, 5.74) is -0.284. The SMILES string of the molecule is C#CCCCCNCC(O)c1c(F)cccc1F. The molecule has 2 nitrogen and oxygen atoms in total. The fourth-order valence-electron chi connectivity index (χ4n) is 1.65. The Morgan fingerprint density at radius 3 is 2.56 bits per heavy atom. The van der Waals surface area contributed by atoms with Gasteiger partial charge in [0.1, 0.15) is 11.6 Å². The minimum atomic E-state index is -1.18. The predicted molar refractivity (Wildman–Crippen MR) is 66.9 cm³/mol. The minimum absolute atomic E-state index is 0.119. The Bertz CT molecular complexity index is 394. The second-order valence-electron chi connectivity index (χ2n) is 4.02. The Morgan fingerprint density at radius 2 is 1.94 bits per heavy atom. The van der Waals surface area contributed by atoms with Crippen molar-refractivity contribution >= 4 is 0 Å². The Hall–Kier alpha value is -1.44. The highest BCUT2D eigenvalue weighted by molar-refractivity contribution is 5.22. The van der Waals surface area contributed by atoms with Crippen LogP contribution < -0.4 is 5.32 Å². The second-order valence-corrected chi connectivity index (χ2v) is 4.02. The number of benzene rings is 1. The van der Waals surface area contributed by atoms with Gasteiger partial charge in [-0.2, -0.15) is 0 Å². The zero-order valence-electron chi connectivity index (χ0n) is 10.1. The van der Waals surface area contributed by atoms with Gasteiger partial charge in [-0.1, -0.05) is 6.07 Å². The van der Waals surface area contributed by atoms with Crippen LogP contribution in [0.25, 0.3) is 0 Å². The topological polar surface area (TPSA) is 32.3 Å². The van der Waals surface area contributed by atoms with Crippen LogP contribution in [0.4, 0.5) is 8.78 Å². The molecule has 0 fully saturated rings. The number of rotatable bonds is 7. The van der Waals surface area contributed by atoms with E-state index in [1.165, 1.54) is 6.07 Å². The molecule has 0 aromatic heterocycles. The minimum Gasteiger partial charge on any atom is -0.387 e. The summed E-state index contributed by atoms with van der Waals surface area (Å²) in [4.78, 5) is 0. The smallest absolute Gasteiger partial charge is 0.131 e. The maximum Gasteiger partial charge on any atom is 0.131 e. The summed E-state index contributed by atoms with van der Waals surface area (Å²) in [5, 5.41) is 12.7. The molecule has 0 aliphatic rings. The van der Waals surface area contributed by atoms with Gasteiger partial charge in [0.25, 0.3) is 0 Å². The first-order valence-corrected chi connectivity index (χ1v) is 5.93. The summed E-state index contributed by atoms with van der Waals surface area (Å²) in [5.74, 6) is 1.08. The molecule has 0 bridgehead atoms. The Kier molecular flexibility index (Phi) is 6.34. The molecule has 1 aromatic rings. The van der Waals surface area contributed by atoms with Crippen LogP contribution >= 0.6 is 0 Å². The van der Waals surface area contributed by atoms with Gasteiger partial charge in [0, 0.05) is 13.0 Å². The lowest BCUT2D eigenvalue weighted by Crippen LogP contribution is -2.23. The maximum atomic E-state index is 13.3. The van der Waals surface area contributed by atoms with Crippen LogP contribution in [0.2, 0.25) is 0 Å². The van der Waals surface area contributed by atoms with Gasteiger partial charge < -0.3 is 10.4 Å². The number of halogens is 2. The van der Waals surface area contributed by atoms with Crippen molar-refractivity contribution in [3.05, 3.63) is 35.4 Å². The van der Waals surface area contributed by atoms with E-state index < -0.39 is 17.7 Å². The van der Waals surface area contributed by atoms with Gasteiger partial charge in [0.15, 0.2) is 0 Å². The second kappa shape index (κ2) is 7.80. The predicted octanol–water partition coefficient (Wildman–Crippen LogP) is 2.39. The van der Waals surface area contributed by atoms with Crippen LogP contribution in [0.15, 0.2) is 18.2 Å². The van der Waals surface area contributed by atoms with E-state index in [0.29, 0.717) is 13.0 Å². The molecule has 0 aliphatic heterocycles. The number of aliphatic hydroxyl groups is 1. The highest BCUT2D eigenvalue weighted by Crippen LogP contribution is 2.19. The third kappa shape index (κ3) is 4.44. The van der Waals surface area contributed by atoms with Crippen molar-refractivity contribution in [1.82, 2.24) is 5.32 Å². The molecule has 0 spiro atoms. The summed E-state index contributed by atoms with van der Waals surface area (Å²) in [7, 11) is 0. The molecule has 98 valence electrons. The van der Waals surface area contributed by atoms with Crippen molar-refractivity contribution in [2.45, 2.75) is 25.4 Å². The Morgan fingerprint density at radius 1 is 1.28 bits per heavy atom. The lowest BCUT2D eigenvalue weighted by atomic mass is 10.1. The molecular weight excluding hydrogens is 236 g/mol. The summed E-state index contributed by atoms with van der Waals surface area (Å²) in [6.07, 6.45) is 6.41. The highest BCUT2D eigenvalue weighted by Gasteiger charge is 2.16. The van der Waals surface area contributed by atoms with Crippen molar-refractivity contribution in [1.29, 1.82) is 0 Å². The molecule has 0 aliphatic carbocycles. The molecule has 0 heterocycles. The largest absolute Gasteiger partial charge is 0.387 e. The molecule has 18 heavy (non-hydrogen) atoms. The summed E-state index contributed by atoms with van der Waals surface area (Å²) in [6.45, 7) is 0.780. The van der Waals surface area contributed by atoms with Crippen LogP contribution in [0.1, 0.15) is 30.9 Å². The van der Waals surface area contributed by atoms with Crippen molar-refractivity contribution in [2.75, 3.05) is 13.1 Å². The normalized spacial score (nSPS) is 12.1. The number of hydrogen-bond donors (Lipinski definition) is 2. The van der Waals surface area contributed by atoms with E-state index in [9.17, 15) is 13.9 Å². The molecule has 1 atom stereocenters. The highest BCUT2D eigenvalue weighted by atomic mass is 19.1. The zero-order chi connectivity index (χ0) is 13.4. The number of terminal acetylenes is 1. The van der Waals surface area contributed by atoms with Crippen molar-refractivity contribution < 1.29 is 13.9 Å². The molecule has 2 N–H and O–H groups in total. The first-order valence-electron chi connectivity index (χ1n) is 5.93. The van der Waals surface area contributed by atoms with Gasteiger partial charge in [-0.05, 0) is 31.5 Å². The fraction of sp³-hybridized carbons (Fsp3) is 0.429. The maximum absolute atomic E-state index is 13.3. The summed E-state index contributed by atoms with van der Waals surface area (Å²) in [6, 6.07) is 3.54. The quantitative estimate of drug-likeness (QED) is 0.577. The Labute approximate surface area is 106 Å². The molecule has 4 heteroatoms. The molecule has 0 radical (unpaired) electrons. The molecule has 1 aromatic carbocycles. The monoisotopic (exact) mass is 253 g/mol. The average Bonchev–Trinajstić information content (AvgIpc) is 2.33. The average molecular weight is 253 g/mol. The van der Waals surface area contributed by atoms with Crippen LogP contribution in [0.3, 0.4) is 0 Å². The van der Waals surface area contributed by atoms with E-state index >= 15 is 0 Å². The fourth-order valence-corrected chi connectivity index (χ4v) is 1.65. The van der Waals surface area contributed by atoms with E-state index in [-0.39, 0.29) is 12.1 Å². The van der Waals surface area contributed by atoms with Gasteiger partial charge >= 0.3 is 0 Å². The van der Waals surface area contributed by atoms with Crippen LogP contribution in [0.5, 0.6) is 0 Å². The first kappa shape index (κ1) is 14.6. The summed E-state index contributed by atoms with van der Waals surface area (Å²) >= 11 is 0. The lowest BCUT2D eigenvalue weighted by molar-refractivity contribution is 0.165. The molecule has 0 saturated carbocycles.